The highest BCUT2D eigenvalue weighted by Gasteiger charge is 2.34. The van der Waals surface area contributed by atoms with E-state index in [-0.39, 0.29) is 25.0 Å². The zero-order valence-corrected chi connectivity index (χ0v) is 13.6. The fourth-order valence-electron chi connectivity index (χ4n) is 3.04. The smallest absolute Gasteiger partial charge is 0.334 e. The van der Waals surface area contributed by atoms with Gasteiger partial charge in [0.2, 0.25) is 5.91 Å². The number of nitrogens with zero attached hydrogens (tertiary/aromatic N) is 1. The third kappa shape index (κ3) is 3.46. The number of carboxylic acids is 1. The molecule has 0 unspecified atom stereocenters. The molecule has 1 saturated heterocycles. The summed E-state index contributed by atoms with van der Waals surface area (Å²) in [5, 5.41) is 9.06. The second-order valence-corrected chi connectivity index (χ2v) is 5.90. The van der Waals surface area contributed by atoms with Crippen LogP contribution >= 0.6 is 0 Å². The minimum atomic E-state index is -1.04. The Morgan fingerprint density at radius 1 is 1.42 bits per heavy atom. The molecule has 2 heterocycles. The molecule has 24 heavy (non-hydrogen) atoms. The van der Waals surface area contributed by atoms with Gasteiger partial charge in [-0.3, -0.25) is 4.79 Å². The number of amides is 1. The monoisotopic (exact) mass is 335 g/mol. The van der Waals surface area contributed by atoms with Crippen LogP contribution in [0.1, 0.15) is 12.5 Å². The van der Waals surface area contributed by atoms with Crippen LogP contribution in [-0.4, -0.2) is 60.9 Å². The number of ether oxygens (including phenoxy) is 3. The molecule has 0 bridgehead atoms. The van der Waals surface area contributed by atoms with Gasteiger partial charge in [0, 0.05) is 6.54 Å². The van der Waals surface area contributed by atoms with E-state index < -0.39 is 12.1 Å². The lowest BCUT2D eigenvalue weighted by Crippen LogP contribution is -2.51. The van der Waals surface area contributed by atoms with Crippen LogP contribution in [0, 0.1) is 5.92 Å². The van der Waals surface area contributed by atoms with E-state index in [1.165, 1.54) is 0 Å². The van der Waals surface area contributed by atoms with Gasteiger partial charge in [-0.2, -0.15) is 0 Å². The standard InChI is InChI=1S/C17H21NO6/c1-2-22-13-3-4-14-11(8-13)7-12(10-24-14)16(19)18-5-6-23-15(9-18)17(20)21/h3-4,8,12,15H,2,5-7,9-10H2,1H3,(H,20,21)/t12-,15-/m1/s1. The van der Waals surface area contributed by atoms with Gasteiger partial charge in [0.1, 0.15) is 18.1 Å². The number of carbonyl (C=O) groups is 2. The van der Waals surface area contributed by atoms with E-state index >= 15 is 0 Å². The molecule has 130 valence electrons. The topological polar surface area (TPSA) is 85.3 Å². The SMILES string of the molecule is CCOc1ccc2c(c1)C[C@@H](C(=O)N1CCO[C@@H](C(=O)O)C1)CO2. The quantitative estimate of drug-likeness (QED) is 0.882. The molecule has 7 heteroatoms. The Morgan fingerprint density at radius 3 is 3.00 bits per heavy atom. The molecule has 0 aromatic heterocycles. The van der Waals surface area contributed by atoms with Gasteiger partial charge >= 0.3 is 5.97 Å². The molecule has 0 aliphatic carbocycles. The van der Waals surface area contributed by atoms with Crippen molar-refractivity contribution in [2.24, 2.45) is 5.92 Å². The van der Waals surface area contributed by atoms with E-state index in [0.29, 0.717) is 26.2 Å². The lowest BCUT2D eigenvalue weighted by molar-refractivity contribution is -0.161. The molecular formula is C17H21NO6. The lowest BCUT2D eigenvalue weighted by atomic mass is 9.95. The number of carboxylic acid groups (broad SMARTS) is 1. The third-order valence-electron chi connectivity index (χ3n) is 4.25. The van der Waals surface area contributed by atoms with Gasteiger partial charge in [0.05, 0.1) is 25.7 Å². The first-order chi connectivity index (χ1) is 11.6. The first kappa shape index (κ1) is 16.6. The van der Waals surface area contributed by atoms with Crippen LogP contribution in [0.15, 0.2) is 18.2 Å². The predicted octanol–water partition coefficient (Wildman–Crippen LogP) is 0.948. The molecule has 3 rings (SSSR count). The summed E-state index contributed by atoms with van der Waals surface area (Å²) >= 11 is 0. The predicted molar refractivity (Wildman–Crippen MR) is 84.3 cm³/mol. The average molecular weight is 335 g/mol. The highest BCUT2D eigenvalue weighted by atomic mass is 16.5. The number of aliphatic carboxylic acids is 1. The van der Waals surface area contributed by atoms with Crippen molar-refractivity contribution in [3.05, 3.63) is 23.8 Å². The maximum Gasteiger partial charge on any atom is 0.334 e. The van der Waals surface area contributed by atoms with E-state index in [0.717, 1.165) is 17.1 Å². The summed E-state index contributed by atoms with van der Waals surface area (Å²) in [6.45, 7) is 3.52. The van der Waals surface area contributed by atoms with Crippen LogP contribution in [0.4, 0.5) is 0 Å². The Labute approximate surface area is 140 Å². The average Bonchev–Trinajstić information content (AvgIpc) is 2.61. The highest BCUT2D eigenvalue weighted by Crippen LogP contribution is 2.31. The van der Waals surface area contributed by atoms with E-state index in [1.54, 1.807) is 4.90 Å². The van der Waals surface area contributed by atoms with Gasteiger partial charge in [-0.05, 0) is 37.1 Å². The summed E-state index contributed by atoms with van der Waals surface area (Å²) in [5.41, 5.74) is 0.939. The molecular weight excluding hydrogens is 314 g/mol. The molecule has 0 radical (unpaired) electrons. The Balaban J connectivity index is 1.68. The van der Waals surface area contributed by atoms with Gasteiger partial charge in [0.15, 0.2) is 6.10 Å². The van der Waals surface area contributed by atoms with Crippen LogP contribution in [0.3, 0.4) is 0 Å². The number of rotatable bonds is 4. The van der Waals surface area contributed by atoms with Gasteiger partial charge in [-0.15, -0.1) is 0 Å². The van der Waals surface area contributed by atoms with Gasteiger partial charge in [-0.25, -0.2) is 4.79 Å². The largest absolute Gasteiger partial charge is 0.494 e. The van der Waals surface area contributed by atoms with Gasteiger partial charge in [-0.1, -0.05) is 0 Å². The Hall–Kier alpha value is -2.28. The van der Waals surface area contributed by atoms with Crippen molar-refractivity contribution in [2.45, 2.75) is 19.4 Å². The van der Waals surface area contributed by atoms with Crippen molar-refractivity contribution in [1.82, 2.24) is 4.90 Å². The van der Waals surface area contributed by atoms with E-state index in [2.05, 4.69) is 0 Å². The molecule has 0 spiro atoms. The first-order valence-electron chi connectivity index (χ1n) is 8.10. The molecule has 1 aromatic carbocycles. The molecule has 2 atom stereocenters. The summed E-state index contributed by atoms with van der Waals surface area (Å²) in [6.07, 6.45) is -0.395. The maximum atomic E-state index is 12.7. The highest BCUT2D eigenvalue weighted by molar-refractivity contribution is 5.81. The lowest BCUT2D eigenvalue weighted by Gasteiger charge is -2.34. The number of fused-ring (bicyclic) bond motifs is 1. The molecule has 2 aliphatic heterocycles. The third-order valence-corrected chi connectivity index (χ3v) is 4.25. The fourth-order valence-corrected chi connectivity index (χ4v) is 3.04. The molecule has 2 aliphatic rings. The van der Waals surface area contributed by atoms with Crippen molar-refractivity contribution < 1.29 is 28.9 Å². The van der Waals surface area contributed by atoms with Crippen LogP contribution < -0.4 is 9.47 Å². The maximum absolute atomic E-state index is 12.7. The molecule has 1 N–H and O–H groups in total. The first-order valence-corrected chi connectivity index (χ1v) is 8.10. The Kier molecular flexibility index (Phi) is 4.89. The number of hydrogen-bond donors (Lipinski definition) is 1. The second-order valence-electron chi connectivity index (χ2n) is 5.90. The fraction of sp³-hybridized carbons (Fsp3) is 0.529. The summed E-state index contributed by atoms with van der Waals surface area (Å²) < 4.78 is 16.4. The molecule has 1 amide bonds. The van der Waals surface area contributed by atoms with Gasteiger partial charge < -0.3 is 24.2 Å². The normalized spacial score (nSPS) is 23.1. The van der Waals surface area contributed by atoms with Crippen LogP contribution in [0.25, 0.3) is 0 Å². The van der Waals surface area contributed by atoms with Crippen molar-refractivity contribution >= 4 is 11.9 Å². The zero-order chi connectivity index (χ0) is 17.1. The molecule has 1 aromatic rings. The minimum Gasteiger partial charge on any atom is -0.494 e. The second kappa shape index (κ2) is 7.09. The number of carbonyl (C=O) groups excluding carboxylic acids is 1. The number of benzene rings is 1. The summed E-state index contributed by atoms with van der Waals surface area (Å²) in [7, 11) is 0. The summed E-state index contributed by atoms with van der Waals surface area (Å²) in [5.74, 6) is 0.0798. The molecule has 1 fully saturated rings. The van der Waals surface area contributed by atoms with Gasteiger partial charge in [0.25, 0.3) is 0 Å². The number of morpholine rings is 1. The van der Waals surface area contributed by atoms with E-state index in [4.69, 9.17) is 19.3 Å². The Bertz CT molecular complexity index is 632. The van der Waals surface area contributed by atoms with Crippen LogP contribution in [0.5, 0.6) is 11.5 Å². The number of hydrogen-bond acceptors (Lipinski definition) is 5. The zero-order valence-electron chi connectivity index (χ0n) is 13.6. The van der Waals surface area contributed by atoms with E-state index in [9.17, 15) is 9.59 Å². The van der Waals surface area contributed by atoms with Crippen LogP contribution in [0.2, 0.25) is 0 Å². The summed E-state index contributed by atoms with van der Waals surface area (Å²) in [4.78, 5) is 25.3. The van der Waals surface area contributed by atoms with Crippen molar-refractivity contribution in [2.75, 3.05) is 32.9 Å². The van der Waals surface area contributed by atoms with Crippen LogP contribution in [-0.2, 0) is 20.7 Å². The molecule has 0 saturated carbocycles. The molecule has 7 nitrogen and oxygen atoms in total. The Morgan fingerprint density at radius 2 is 2.25 bits per heavy atom. The van der Waals surface area contributed by atoms with Crippen molar-refractivity contribution in [3.8, 4) is 11.5 Å². The minimum absolute atomic E-state index is 0.0799. The van der Waals surface area contributed by atoms with Crippen molar-refractivity contribution in [1.29, 1.82) is 0 Å². The van der Waals surface area contributed by atoms with E-state index in [1.807, 2.05) is 25.1 Å². The van der Waals surface area contributed by atoms with Crippen molar-refractivity contribution in [3.63, 3.8) is 0 Å². The summed E-state index contributed by atoms with van der Waals surface area (Å²) in [6, 6.07) is 5.61.